The van der Waals surface area contributed by atoms with Crippen LogP contribution in [0.15, 0.2) is 12.4 Å². The van der Waals surface area contributed by atoms with Gasteiger partial charge in [0.25, 0.3) is 0 Å². The second-order valence-electron chi connectivity index (χ2n) is 3.85. The lowest BCUT2D eigenvalue weighted by Crippen LogP contribution is -2.36. The van der Waals surface area contributed by atoms with E-state index in [0.717, 1.165) is 0 Å². The third kappa shape index (κ3) is 8.00. The average molecular weight is 266 g/mol. The molecule has 0 aromatic carbocycles. The summed E-state index contributed by atoms with van der Waals surface area (Å²) in [6.45, 7) is 9.08. The Labute approximate surface area is 103 Å². The highest BCUT2D eigenvalue weighted by atomic mass is 32.3. The van der Waals surface area contributed by atoms with Crippen molar-refractivity contribution >= 4 is 10.4 Å². The Kier molecular flexibility index (Phi) is 7.17. The summed E-state index contributed by atoms with van der Waals surface area (Å²) in [4.78, 5) is 4.80. The minimum atomic E-state index is -4.67. The SMILES string of the molecule is CCCN1C=CN(CCC)C1C.O=S(=O)(O)O. The van der Waals surface area contributed by atoms with Crippen molar-refractivity contribution < 1.29 is 17.5 Å². The van der Waals surface area contributed by atoms with E-state index in [1.807, 2.05) is 0 Å². The first-order valence-corrected chi connectivity index (χ1v) is 7.09. The Morgan fingerprint density at radius 3 is 1.59 bits per heavy atom. The van der Waals surface area contributed by atoms with Crippen molar-refractivity contribution in [3.05, 3.63) is 12.4 Å². The minimum Gasteiger partial charge on any atom is -0.356 e. The van der Waals surface area contributed by atoms with E-state index in [2.05, 4.69) is 43.0 Å². The van der Waals surface area contributed by atoms with Crippen molar-refractivity contribution in [1.82, 2.24) is 9.80 Å². The summed E-state index contributed by atoms with van der Waals surface area (Å²) in [5.74, 6) is 0. The van der Waals surface area contributed by atoms with Gasteiger partial charge in [-0.1, -0.05) is 13.8 Å². The Balaban J connectivity index is 0.000000437. The largest absolute Gasteiger partial charge is 0.394 e. The highest BCUT2D eigenvalue weighted by molar-refractivity contribution is 7.79. The maximum Gasteiger partial charge on any atom is 0.394 e. The van der Waals surface area contributed by atoms with Gasteiger partial charge in [-0.15, -0.1) is 0 Å². The fourth-order valence-corrected chi connectivity index (χ4v) is 1.65. The second-order valence-corrected chi connectivity index (χ2v) is 4.75. The van der Waals surface area contributed by atoms with Gasteiger partial charge in [-0.3, -0.25) is 9.11 Å². The van der Waals surface area contributed by atoms with Gasteiger partial charge in [-0.2, -0.15) is 8.42 Å². The van der Waals surface area contributed by atoms with E-state index in [0.29, 0.717) is 6.17 Å². The lowest BCUT2D eigenvalue weighted by molar-refractivity contribution is 0.170. The number of hydrogen-bond acceptors (Lipinski definition) is 4. The molecule has 1 aliphatic heterocycles. The van der Waals surface area contributed by atoms with Crippen LogP contribution in [0.4, 0.5) is 0 Å². The van der Waals surface area contributed by atoms with Gasteiger partial charge in [-0.25, -0.2) is 0 Å². The van der Waals surface area contributed by atoms with Crippen molar-refractivity contribution in [2.24, 2.45) is 0 Å². The van der Waals surface area contributed by atoms with Crippen LogP contribution in [0.1, 0.15) is 33.6 Å². The first-order chi connectivity index (χ1) is 7.79. The van der Waals surface area contributed by atoms with Crippen molar-refractivity contribution in [2.45, 2.75) is 39.8 Å². The topological polar surface area (TPSA) is 81.1 Å². The molecule has 0 unspecified atom stereocenters. The van der Waals surface area contributed by atoms with E-state index < -0.39 is 10.4 Å². The van der Waals surface area contributed by atoms with Gasteiger partial charge in [0.15, 0.2) is 0 Å². The molecule has 1 aliphatic rings. The van der Waals surface area contributed by atoms with E-state index in [1.54, 1.807) is 0 Å². The van der Waals surface area contributed by atoms with Crippen molar-refractivity contribution in [3.8, 4) is 0 Å². The molecule has 2 N–H and O–H groups in total. The molecular formula is C10H22N2O4S. The van der Waals surface area contributed by atoms with Crippen LogP contribution < -0.4 is 0 Å². The van der Waals surface area contributed by atoms with Crippen molar-refractivity contribution in [2.75, 3.05) is 13.1 Å². The zero-order valence-corrected chi connectivity index (χ0v) is 11.4. The molecule has 0 saturated carbocycles. The fraction of sp³-hybridized carbons (Fsp3) is 0.800. The smallest absolute Gasteiger partial charge is 0.356 e. The average Bonchev–Trinajstić information content (AvgIpc) is 2.49. The van der Waals surface area contributed by atoms with Gasteiger partial charge < -0.3 is 9.80 Å². The molecule has 102 valence electrons. The summed E-state index contributed by atoms with van der Waals surface area (Å²) in [5, 5.41) is 0. The first kappa shape index (κ1) is 16.2. The minimum absolute atomic E-state index is 0.574. The molecule has 0 aromatic rings. The van der Waals surface area contributed by atoms with Crippen LogP contribution in [0, 0.1) is 0 Å². The maximum atomic E-state index is 8.74. The molecule has 0 atom stereocenters. The summed E-state index contributed by atoms with van der Waals surface area (Å²) in [5.41, 5.74) is 0. The molecule has 1 rings (SSSR count). The molecule has 7 heteroatoms. The van der Waals surface area contributed by atoms with Crippen LogP contribution in [0.5, 0.6) is 0 Å². The number of hydrogen-bond donors (Lipinski definition) is 2. The maximum absolute atomic E-state index is 8.74. The van der Waals surface area contributed by atoms with E-state index in [1.165, 1.54) is 25.9 Å². The summed E-state index contributed by atoms with van der Waals surface area (Å²) >= 11 is 0. The molecule has 0 saturated heterocycles. The van der Waals surface area contributed by atoms with E-state index in [4.69, 9.17) is 17.5 Å². The van der Waals surface area contributed by atoms with Crippen LogP contribution in [-0.4, -0.2) is 46.6 Å². The van der Waals surface area contributed by atoms with Crippen LogP contribution in [0.25, 0.3) is 0 Å². The van der Waals surface area contributed by atoms with Gasteiger partial charge >= 0.3 is 10.4 Å². The predicted molar refractivity (Wildman–Crippen MR) is 66.8 cm³/mol. The van der Waals surface area contributed by atoms with E-state index in [-0.39, 0.29) is 0 Å². The standard InChI is InChI=1S/C10H20N2.H2O4S/c1-4-6-11-8-9-12(7-5-2)10(11)3;1-5(2,3)4/h8-10H,4-7H2,1-3H3;(H2,1,2,3,4). The molecular weight excluding hydrogens is 244 g/mol. The molecule has 0 radical (unpaired) electrons. The lowest BCUT2D eigenvalue weighted by Gasteiger charge is -2.29. The van der Waals surface area contributed by atoms with Gasteiger partial charge in [0.2, 0.25) is 0 Å². The molecule has 0 aromatic heterocycles. The summed E-state index contributed by atoms with van der Waals surface area (Å²) < 4.78 is 31.6. The summed E-state index contributed by atoms with van der Waals surface area (Å²) in [6.07, 6.45) is 7.46. The van der Waals surface area contributed by atoms with Gasteiger partial charge in [0.1, 0.15) is 0 Å². The molecule has 17 heavy (non-hydrogen) atoms. The molecule has 0 fully saturated rings. The van der Waals surface area contributed by atoms with Crippen LogP contribution in [0.2, 0.25) is 0 Å². The Morgan fingerprint density at radius 1 is 1.06 bits per heavy atom. The lowest BCUT2D eigenvalue weighted by atomic mass is 10.3. The molecule has 0 spiro atoms. The fourth-order valence-electron chi connectivity index (χ4n) is 1.65. The summed E-state index contributed by atoms with van der Waals surface area (Å²) in [6, 6.07) is 0. The van der Waals surface area contributed by atoms with Crippen LogP contribution >= 0.6 is 0 Å². The zero-order valence-electron chi connectivity index (χ0n) is 10.6. The Morgan fingerprint density at radius 2 is 1.35 bits per heavy atom. The van der Waals surface area contributed by atoms with E-state index >= 15 is 0 Å². The normalized spacial score (nSPS) is 16.1. The second kappa shape index (κ2) is 7.52. The van der Waals surface area contributed by atoms with Crippen LogP contribution in [0.3, 0.4) is 0 Å². The zero-order chi connectivity index (χ0) is 13.5. The van der Waals surface area contributed by atoms with Gasteiger partial charge in [0, 0.05) is 25.5 Å². The third-order valence-corrected chi connectivity index (χ3v) is 2.37. The Hall–Kier alpha value is -0.790. The highest BCUT2D eigenvalue weighted by Gasteiger charge is 2.19. The van der Waals surface area contributed by atoms with Crippen molar-refractivity contribution in [3.63, 3.8) is 0 Å². The quantitative estimate of drug-likeness (QED) is 0.752. The third-order valence-electron chi connectivity index (χ3n) is 2.37. The summed E-state index contributed by atoms with van der Waals surface area (Å²) in [7, 11) is -4.67. The Bertz CT molecular complexity index is 305. The molecule has 1 heterocycles. The molecule has 0 bridgehead atoms. The molecule has 6 nitrogen and oxygen atoms in total. The molecule has 0 amide bonds. The number of nitrogens with zero attached hydrogens (tertiary/aromatic N) is 2. The van der Waals surface area contributed by atoms with Gasteiger partial charge in [-0.05, 0) is 19.8 Å². The molecule has 0 aliphatic carbocycles. The number of rotatable bonds is 4. The monoisotopic (exact) mass is 266 g/mol. The van der Waals surface area contributed by atoms with Crippen LogP contribution in [-0.2, 0) is 10.4 Å². The first-order valence-electron chi connectivity index (χ1n) is 5.69. The van der Waals surface area contributed by atoms with Gasteiger partial charge in [0.05, 0.1) is 6.17 Å². The van der Waals surface area contributed by atoms with E-state index in [9.17, 15) is 0 Å². The highest BCUT2D eigenvalue weighted by Crippen LogP contribution is 2.15. The predicted octanol–water partition coefficient (Wildman–Crippen LogP) is 1.59. The van der Waals surface area contributed by atoms with Crippen molar-refractivity contribution in [1.29, 1.82) is 0 Å².